The van der Waals surface area contributed by atoms with Gasteiger partial charge < -0.3 is 16.0 Å². The van der Waals surface area contributed by atoms with Crippen LogP contribution in [0.25, 0.3) is 0 Å². The molecule has 4 aromatic carbocycles. The molecule has 3 N–H and O–H groups in total. The van der Waals surface area contributed by atoms with Gasteiger partial charge in [-0.3, -0.25) is 9.69 Å². The summed E-state index contributed by atoms with van der Waals surface area (Å²) < 4.78 is 2.14. The molecule has 214 valence electrons. The maximum Gasteiger partial charge on any atom is 0.150 e. The fourth-order valence-electron chi connectivity index (χ4n) is 4.83. The summed E-state index contributed by atoms with van der Waals surface area (Å²) in [5, 5.41) is 10.5. The lowest BCUT2D eigenvalue weighted by Gasteiger charge is -2.34. The second-order valence-corrected chi connectivity index (χ2v) is 11.9. The van der Waals surface area contributed by atoms with E-state index >= 15 is 0 Å². The van der Waals surface area contributed by atoms with Crippen LogP contribution in [-0.2, 0) is 6.54 Å². The second kappa shape index (κ2) is 17.3. The Morgan fingerprint density at radius 3 is 1.80 bits per heavy atom. The van der Waals surface area contributed by atoms with Crippen LogP contribution in [0.1, 0.15) is 39.1 Å². The van der Waals surface area contributed by atoms with E-state index in [1.807, 2.05) is 12.1 Å². The Morgan fingerprint density at radius 2 is 1.24 bits per heavy atom. The quantitative estimate of drug-likeness (QED) is 0.204. The summed E-state index contributed by atoms with van der Waals surface area (Å²) >= 11 is 6.75. The van der Waals surface area contributed by atoms with Gasteiger partial charge in [-0.1, -0.05) is 117 Å². The zero-order valence-electron chi connectivity index (χ0n) is 23.2. The molecule has 0 radical (unpaired) electrons. The highest BCUT2D eigenvalue weighted by Gasteiger charge is 2.20. The van der Waals surface area contributed by atoms with Crippen molar-refractivity contribution in [2.24, 2.45) is 0 Å². The Bertz CT molecular complexity index is 1280. The van der Waals surface area contributed by atoms with Crippen molar-refractivity contribution in [2.45, 2.75) is 18.6 Å². The van der Waals surface area contributed by atoms with Gasteiger partial charge in [-0.05, 0) is 41.0 Å². The van der Waals surface area contributed by atoms with E-state index in [1.54, 1.807) is 12.1 Å². The Balaban J connectivity index is 0.000000156. The van der Waals surface area contributed by atoms with Gasteiger partial charge in [-0.25, -0.2) is 0 Å². The fourth-order valence-corrected chi connectivity index (χ4v) is 5.36. The van der Waals surface area contributed by atoms with E-state index in [4.69, 9.17) is 0 Å². The first-order valence-electron chi connectivity index (χ1n) is 14.1. The molecule has 0 bridgehead atoms. The third-order valence-electron chi connectivity index (χ3n) is 7.03. The molecule has 0 aromatic heterocycles. The summed E-state index contributed by atoms with van der Waals surface area (Å²) in [5.41, 5.74) is 4.85. The largest absolute Gasteiger partial charge is 0.314 e. The van der Waals surface area contributed by atoms with Crippen molar-refractivity contribution in [3.63, 3.8) is 0 Å². The third kappa shape index (κ3) is 10.9. The van der Waals surface area contributed by atoms with E-state index in [0.717, 1.165) is 61.0 Å². The predicted octanol–water partition coefficient (Wildman–Crippen LogP) is 6.78. The number of rotatable bonds is 5. The number of carbonyl (C=O) groups excluding carboxylic acids is 1. The number of piperazine rings is 2. The van der Waals surface area contributed by atoms with Crippen LogP contribution >= 0.6 is 31.9 Å². The highest BCUT2D eigenvalue weighted by Crippen LogP contribution is 2.19. The van der Waals surface area contributed by atoms with Crippen molar-refractivity contribution in [3.05, 3.63) is 140 Å². The molecule has 0 spiro atoms. The lowest BCUT2D eigenvalue weighted by atomic mass is 10.0. The highest BCUT2D eigenvalue weighted by atomic mass is 79.9. The van der Waals surface area contributed by atoms with Gasteiger partial charge in [-0.15, -0.1) is 0 Å². The highest BCUT2D eigenvalue weighted by molar-refractivity contribution is 9.10. The van der Waals surface area contributed by atoms with Crippen LogP contribution < -0.4 is 16.0 Å². The Labute approximate surface area is 261 Å². The van der Waals surface area contributed by atoms with E-state index in [9.17, 15) is 4.79 Å². The third-order valence-corrected chi connectivity index (χ3v) is 8.09. The normalized spacial score (nSPS) is 18.7. The van der Waals surface area contributed by atoms with E-state index in [0.29, 0.717) is 17.6 Å². The topological polar surface area (TPSA) is 56.4 Å². The Morgan fingerprint density at radius 1 is 0.683 bits per heavy atom. The number of carbonyl (C=O) groups is 1. The molecule has 0 amide bonds. The molecule has 2 unspecified atom stereocenters. The van der Waals surface area contributed by atoms with Crippen molar-refractivity contribution in [1.82, 2.24) is 20.9 Å². The average molecular weight is 679 g/mol. The molecule has 0 saturated carbocycles. The zero-order chi connectivity index (χ0) is 28.7. The van der Waals surface area contributed by atoms with E-state index in [1.165, 1.54) is 16.7 Å². The van der Waals surface area contributed by atoms with Crippen LogP contribution in [0, 0.1) is 0 Å². The Hall–Kier alpha value is -2.65. The molecule has 7 heteroatoms. The fraction of sp³-hybridized carbons (Fsp3) is 0.265. The van der Waals surface area contributed by atoms with Gasteiger partial charge in [0, 0.05) is 72.4 Å². The number of nitrogens with zero attached hydrogens (tertiary/aromatic N) is 1. The maximum atomic E-state index is 10.1. The monoisotopic (exact) mass is 676 g/mol. The molecule has 41 heavy (non-hydrogen) atoms. The molecule has 2 saturated heterocycles. The summed E-state index contributed by atoms with van der Waals surface area (Å²) in [6.07, 6.45) is 0.826. The lowest BCUT2D eigenvalue weighted by Crippen LogP contribution is -2.45. The number of nitrogens with one attached hydrogen (secondary N) is 3. The molecule has 2 fully saturated rings. The minimum absolute atomic E-state index is 0.445. The molecular formula is C34H38Br2N4O. The van der Waals surface area contributed by atoms with Crippen LogP contribution in [-0.4, -0.2) is 50.5 Å². The predicted molar refractivity (Wildman–Crippen MR) is 176 cm³/mol. The minimum atomic E-state index is 0.445. The summed E-state index contributed by atoms with van der Waals surface area (Å²) in [5.74, 6) is 0. The molecule has 2 heterocycles. The molecule has 2 aliphatic heterocycles. The lowest BCUT2D eigenvalue weighted by molar-refractivity contribution is 0.112. The average Bonchev–Trinajstić information content (AvgIpc) is 3.05. The van der Waals surface area contributed by atoms with Crippen LogP contribution in [0.4, 0.5) is 0 Å². The van der Waals surface area contributed by atoms with E-state index in [-0.39, 0.29) is 0 Å². The second-order valence-electron chi connectivity index (χ2n) is 10.1. The van der Waals surface area contributed by atoms with Crippen molar-refractivity contribution in [2.75, 3.05) is 39.3 Å². The van der Waals surface area contributed by atoms with Crippen LogP contribution in [0.3, 0.4) is 0 Å². The number of hydrogen-bond donors (Lipinski definition) is 3. The molecule has 2 aliphatic rings. The minimum Gasteiger partial charge on any atom is -0.314 e. The first-order chi connectivity index (χ1) is 20.1. The first kappa shape index (κ1) is 31.3. The van der Waals surface area contributed by atoms with Gasteiger partial charge in [-0.2, -0.15) is 0 Å². The summed E-state index contributed by atoms with van der Waals surface area (Å²) in [4.78, 5) is 12.6. The number of halogens is 2. The van der Waals surface area contributed by atoms with Crippen LogP contribution in [0.5, 0.6) is 0 Å². The number of hydrogen-bond acceptors (Lipinski definition) is 5. The zero-order valence-corrected chi connectivity index (χ0v) is 26.4. The van der Waals surface area contributed by atoms with Crippen molar-refractivity contribution in [1.29, 1.82) is 0 Å². The van der Waals surface area contributed by atoms with Gasteiger partial charge >= 0.3 is 0 Å². The number of aldehydes is 1. The van der Waals surface area contributed by atoms with E-state index < -0.39 is 0 Å². The van der Waals surface area contributed by atoms with E-state index in [2.05, 4.69) is 138 Å². The van der Waals surface area contributed by atoms with Crippen molar-refractivity contribution in [3.8, 4) is 0 Å². The molecule has 5 nitrogen and oxygen atoms in total. The summed E-state index contributed by atoms with van der Waals surface area (Å²) in [6.45, 7) is 7.46. The van der Waals surface area contributed by atoms with Crippen molar-refractivity contribution >= 4 is 38.1 Å². The van der Waals surface area contributed by atoms with Gasteiger partial charge in [0.05, 0.1) is 0 Å². The van der Waals surface area contributed by atoms with Gasteiger partial charge in [0.25, 0.3) is 0 Å². The smallest absolute Gasteiger partial charge is 0.150 e. The van der Waals surface area contributed by atoms with Crippen molar-refractivity contribution < 1.29 is 4.79 Å². The molecule has 2 atom stereocenters. The SMILES string of the molecule is Brc1ccc(CN2CCNC(c3ccccc3)C2)cc1.O=Cc1ccc(Br)cc1.c1ccc(C2CNCCN2)cc1. The molecule has 6 rings (SSSR count). The molecule has 4 aromatic rings. The maximum absolute atomic E-state index is 10.1. The van der Waals surface area contributed by atoms with Gasteiger partial charge in [0.2, 0.25) is 0 Å². The summed E-state index contributed by atoms with van der Waals surface area (Å²) in [7, 11) is 0. The standard InChI is InChI=1S/C17H19BrN2.C10H14N2.C7H5BrO/c18-16-8-6-14(7-9-16)12-20-11-10-19-17(13-20)15-4-2-1-3-5-15;1-2-4-9(5-3-1)10-8-11-6-7-12-10;8-7-3-1-6(5-9)2-4-7/h1-9,17,19H,10-13H2;1-5,10-12H,6-8H2;1-5H. The summed E-state index contributed by atoms with van der Waals surface area (Å²) in [6, 6.07) is 38.1. The Kier molecular flexibility index (Phi) is 13.2. The van der Waals surface area contributed by atoms with Crippen LogP contribution in [0.15, 0.2) is 118 Å². The van der Waals surface area contributed by atoms with Gasteiger partial charge in [0.15, 0.2) is 0 Å². The number of benzene rings is 4. The molecular weight excluding hydrogens is 640 g/mol. The van der Waals surface area contributed by atoms with Crippen LogP contribution in [0.2, 0.25) is 0 Å². The molecule has 0 aliphatic carbocycles. The first-order valence-corrected chi connectivity index (χ1v) is 15.6. The van der Waals surface area contributed by atoms with Gasteiger partial charge in [0.1, 0.15) is 6.29 Å².